The minimum Gasteiger partial charge on any atom is -0.498 e. The molecular weight excluding hydrogens is 697 g/mol. The number of hydrogen-bond donors (Lipinski definition) is 2. The Hall–Kier alpha value is -1.44. The predicted molar refractivity (Wildman–Crippen MR) is 229 cm³/mol. The molecule has 0 amide bonds. The Bertz CT molecular complexity index is 926. The van der Waals surface area contributed by atoms with Crippen LogP contribution in [0.25, 0.3) is 0 Å². The SMILES string of the molecule is CCCCCC=CCC=CCCCCCCCCCCCC(=O)O[C@H](COC=CCCCCCCCCCCCCCCCC)COP(=O)(O)OCCN. The fourth-order valence-electron chi connectivity index (χ4n) is 6.29. The molecule has 0 heterocycles. The molecule has 8 nitrogen and oxygen atoms in total. The molecular formula is C45H86NO7P. The zero-order valence-corrected chi connectivity index (χ0v) is 36.1. The number of carbonyl (C=O) groups is 1. The summed E-state index contributed by atoms with van der Waals surface area (Å²) < 4.78 is 33.2. The molecule has 0 bridgehead atoms. The lowest BCUT2D eigenvalue weighted by molar-refractivity contribution is -0.153. The first kappa shape index (κ1) is 52.6. The average molecular weight is 784 g/mol. The van der Waals surface area contributed by atoms with E-state index in [0.29, 0.717) is 6.42 Å². The molecule has 3 N–H and O–H groups in total. The van der Waals surface area contributed by atoms with Crippen molar-refractivity contribution in [3.63, 3.8) is 0 Å². The van der Waals surface area contributed by atoms with Crippen molar-refractivity contribution in [2.45, 2.75) is 219 Å². The molecule has 0 aliphatic rings. The van der Waals surface area contributed by atoms with Crippen LogP contribution in [0.2, 0.25) is 0 Å². The summed E-state index contributed by atoms with van der Waals surface area (Å²) in [4.78, 5) is 22.5. The Morgan fingerprint density at radius 3 is 1.50 bits per heavy atom. The third kappa shape index (κ3) is 41.7. The van der Waals surface area contributed by atoms with Crippen LogP contribution in [0.15, 0.2) is 36.6 Å². The van der Waals surface area contributed by atoms with Crippen LogP contribution in [-0.4, -0.2) is 43.3 Å². The first-order valence-electron chi connectivity index (χ1n) is 22.5. The summed E-state index contributed by atoms with van der Waals surface area (Å²) in [5.41, 5.74) is 5.37. The average Bonchev–Trinajstić information content (AvgIpc) is 3.16. The van der Waals surface area contributed by atoms with Crippen LogP contribution >= 0.6 is 7.82 Å². The van der Waals surface area contributed by atoms with E-state index in [0.717, 1.165) is 38.5 Å². The van der Waals surface area contributed by atoms with Gasteiger partial charge in [0.15, 0.2) is 6.10 Å². The lowest BCUT2D eigenvalue weighted by atomic mass is 10.0. The number of phosphoric acid groups is 1. The van der Waals surface area contributed by atoms with Gasteiger partial charge in [0.05, 0.1) is 19.5 Å². The van der Waals surface area contributed by atoms with Gasteiger partial charge in [-0.05, 0) is 57.4 Å². The van der Waals surface area contributed by atoms with E-state index < -0.39 is 13.9 Å². The summed E-state index contributed by atoms with van der Waals surface area (Å²) in [5.74, 6) is -0.355. The van der Waals surface area contributed by atoms with Crippen LogP contribution < -0.4 is 5.73 Å². The van der Waals surface area contributed by atoms with Crippen molar-refractivity contribution in [2.75, 3.05) is 26.4 Å². The van der Waals surface area contributed by atoms with E-state index in [1.54, 1.807) is 6.26 Å². The zero-order valence-electron chi connectivity index (χ0n) is 35.2. The maximum Gasteiger partial charge on any atom is 0.472 e. The van der Waals surface area contributed by atoms with Gasteiger partial charge < -0.3 is 20.1 Å². The molecule has 318 valence electrons. The second-order valence-electron chi connectivity index (χ2n) is 15.0. The lowest BCUT2D eigenvalue weighted by Crippen LogP contribution is -2.27. The third-order valence-corrected chi connectivity index (χ3v) is 10.6. The molecule has 0 saturated carbocycles. The van der Waals surface area contributed by atoms with Gasteiger partial charge in [0.2, 0.25) is 0 Å². The van der Waals surface area contributed by atoms with E-state index >= 15 is 0 Å². The van der Waals surface area contributed by atoms with E-state index in [1.165, 1.54) is 154 Å². The monoisotopic (exact) mass is 784 g/mol. The maximum atomic E-state index is 12.6. The van der Waals surface area contributed by atoms with E-state index in [2.05, 4.69) is 38.2 Å². The largest absolute Gasteiger partial charge is 0.498 e. The highest BCUT2D eigenvalue weighted by Gasteiger charge is 2.25. The quantitative estimate of drug-likeness (QED) is 0.0206. The van der Waals surface area contributed by atoms with Crippen LogP contribution in [-0.2, 0) is 27.9 Å². The van der Waals surface area contributed by atoms with Crippen molar-refractivity contribution >= 4 is 13.8 Å². The predicted octanol–water partition coefficient (Wildman–Crippen LogP) is 13.8. The molecule has 0 aliphatic heterocycles. The first-order chi connectivity index (χ1) is 26.4. The second-order valence-corrected chi connectivity index (χ2v) is 16.4. The Balaban J connectivity index is 4.05. The topological polar surface area (TPSA) is 117 Å². The maximum absolute atomic E-state index is 12.6. The number of ether oxygens (including phenoxy) is 2. The lowest BCUT2D eigenvalue weighted by Gasteiger charge is -2.19. The van der Waals surface area contributed by atoms with Crippen molar-refractivity contribution in [1.82, 2.24) is 0 Å². The number of esters is 1. The van der Waals surface area contributed by atoms with Crippen molar-refractivity contribution in [2.24, 2.45) is 5.73 Å². The van der Waals surface area contributed by atoms with Gasteiger partial charge in [-0.2, -0.15) is 0 Å². The molecule has 0 aromatic heterocycles. The molecule has 9 heteroatoms. The number of nitrogens with two attached hydrogens (primary N) is 1. The summed E-state index contributed by atoms with van der Waals surface area (Å²) in [5, 5.41) is 0. The standard InChI is InChI=1S/C45H86NO7P/c1-3-5-7-9-11-13-15-17-19-21-22-23-24-26-28-30-32-34-36-38-45(47)53-44(43-52-54(48,49)51-41-39-46)42-50-40-37-35-33-31-29-27-25-20-18-16-14-12-10-8-6-4-2/h11,13,17,19,37,40,44H,3-10,12,14-16,18,20-36,38-39,41-43,46H2,1-2H3,(H,48,49)/t44-/m1/s1. The molecule has 2 atom stereocenters. The van der Waals surface area contributed by atoms with Gasteiger partial charge in [0, 0.05) is 13.0 Å². The van der Waals surface area contributed by atoms with Crippen LogP contribution in [0.4, 0.5) is 0 Å². The molecule has 1 unspecified atom stereocenters. The number of carbonyl (C=O) groups excluding carboxylic acids is 1. The van der Waals surface area contributed by atoms with Crippen molar-refractivity contribution in [1.29, 1.82) is 0 Å². The van der Waals surface area contributed by atoms with Gasteiger partial charge in [0.1, 0.15) is 6.61 Å². The number of phosphoric ester groups is 1. The second kappa shape index (κ2) is 42.7. The van der Waals surface area contributed by atoms with Crippen molar-refractivity contribution < 1.29 is 32.8 Å². The highest BCUT2D eigenvalue weighted by molar-refractivity contribution is 7.47. The van der Waals surface area contributed by atoms with Crippen molar-refractivity contribution in [3.05, 3.63) is 36.6 Å². The van der Waals surface area contributed by atoms with Crippen molar-refractivity contribution in [3.8, 4) is 0 Å². The molecule has 54 heavy (non-hydrogen) atoms. The fourth-order valence-corrected chi connectivity index (χ4v) is 7.05. The highest BCUT2D eigenvalue weighted by Crippen LogP contribution is 2.43. The summed E-state index contributed by atoms with van der Waals surface area (Å²) >= 11 is 0. The zero-order chi connectivity index (χ0) is 39.5. The van der Waals surface area contributed by atoms with E-state index in [1.807, 2.05) is 6.08 Å². The first-order valence-corrected chi connectivity index (χ1v) is 24.0. The summed E-state index contributed by atoms with van der Waals surface area (Å²) in [6.07, 6.45) is 49.7. The number of allylic oxidation sites excluding steroid dienone is 5. The minimum atomic E-state index is -4.29. The summed E-state index contributed by atoms with van der Waals surface area (Å²) in [7, 11) is -4.29. The van der Waals surface area contributed by atoms with Gasteiger partial charge in [0.25, 0.3) is 0 Å². The molecule has 0 aromatic rings. The van der Waals surface area contributed by atoms with Crippen LogP contribution in [0.3, 0.4) is 0 Å². The van der Waals surface area contributed by atoms with Crippen LogP contribution in [0, 0.1) is 0 Å². The van der Waals surface area contributed by atoms with E-state index in [9.17, 15) is 14.3 Å². The van der Waals surface area contributed by atoms with Gasteiger partial charge >= 0.3 is 13.8 Å². The third-order valence-electron chi connectivity index (χ3n) is 9.62. The molecule has 0 fully saturated rings. The number of unbranched alkanes of at least 4 members (excludes halogenated alkanes) is 26. The summed E-state index contributed by atoms with van der Waals surface area (Å²) in [6, 6.07) is 0. The van der Waals surface area contributed by atoms with Crippen LogP contribution in [0.5, 0.6) is 0 Å². The number of rotatable bonds is 43. The van der Waals surface area contributed by atoms with Gasteiger partial charge in [-0.25, -0.2) is 4.57 Å². The number of hydrogen-bond acceptors (Lipinski definition) is 7. The fraction of sp³-hybridized carbons (Fsp3) is 0.844. The van der Waals surface area contributed by atoms with E-state index in [-0.39, 0.29) is 32.3 Å². The molecule has 0 saturated heterocycles. The van der Waals surface area contributed by atoms with E-state index in [4.69, 9.17) is 24.3 Å². The smallest absolute Gasteiger partial charge is 0.472 e. The minimum absolute atomic E-state index is 0.0324. The molecule has 0 rings (SSSR count). The van der Waals surface area contributed by atoms with Gasteiger partial charge in [-0.15, -0.1) is 0 Å². The van der Waals surface area contributed by atoms with Gasteiger partial charge in [-0.1, -0.05) is 179 Å². The Morgan fingerprint density at radius 1 is 0.574 bits per heavy atom. The Morgan fingerprint density at radius 2 is 1.00 bits per heavy atom. The normalized spacial score (nSPS) is 13.7. The molecule has 0 aliphatic carbocycles. The van der Waals surface area contributed by atoms with Gasteiger partial charge in [-0.3, -0.25) is 13.8 Å². The molecule has 0 radical (unpaired) electrons. The molecule has 0 spiro atoms. The summed E-state index contributed by atoms with van der Waals surface area (Å²) in [6.45, 7) is 4.23. The Kier molecular flexibility index (Phi) is 41.6. The van der Waals surface area contributed by atoms with Crippen LogP contribution in [0.1, 0.15) is 213 Å². The Labute approximate surface area is 333 Å². The highest BCUT2D eigenvalue weighted by atomic mass is 31.2. The molecule has 0 aromatic carbocycles.